The van der Waals surface area contributed by atoms with Crippen LogP contribution in [0.3, 0.4) is 0 Å². The Bertz CT molecular complexity index is 761. The molecule has 4 N–H and O–H groups in total. The highest BCUT2D eigenvalue weighted by atomic mass is 16.6. The third-order valence-corrected chi connectivity index (χ3v) is 4.55. The maximum absolute atomic E-state index is 11.3. The number of ether oxygens (including phenoxy) is 1. The molecule has 0 unspecified atom stereocenters. The number of aryl methyl sites for hydroxylation is 1. The molecule has 2 heterocycles. The van der Waals surface area contributed by atoms with Crippen LogP contribution in [0.1, 0.15) is 6.92 Å². The molecule has 0 aliphatic carbocycles. The van der Waals surface area contributed by atoms with Crippen molar-refractivity contribution in [2.75, 3.05) is 31.6 Å². The van der Waals surface area contributed by atoms with E-state index in [9.17, 15) is 4.79 Å². The van der Waals surface area contributed by atoms with E-state index < -0.39 is 6.10 Å². The molecule has 134 valence electrons. The van der Waals surface area contributed by atoms with E-state index in [-0.39, 0.29) is 12.4 Å². The fourth-order valence-electron chi connectivity index (χ4n) is 2.82. The Balaban J connectivity index is 1.76. The van der Waals surface area contributed by atoms with Crippen molar-refractivity contribution in [3.05, 3.63) is 30.5 Å². The summed E-state index contributed by atoms with van der Waals surface area (Å²) in [5, 5.41) is 9.03. The Morgan fingerprint density at radius 1 is 1.44 bits per heavy atom. The number of nitrogens with zero attached hydrogens (tertiary/aromatic N) is 1. The normalized spacial score (nSPS) is 15.6. The van der Waals surface area contributed by atoms with Gasteiger partial charge in [-0.2, -0.15) is 0 Å². The predicted octanol–water partition coefficient (Wildman–Crippen LogP) is 0.522. The number of Topliss-reactive ketones (excluding diaryl/α,β-unsaturated/α-hetero) is 1. The second-order valence-electron chi connectivity index (χ2n) is 6.48. The molecule has 0 bridgehead atoms. The van der Waals surface area contributed by atoms with E-state index in [4.69, 9.17) is 10.6 Å². The highest BCUT2D eigenvalue weighted by Crippen LogP contribution is 2.25. The first kappa shape index (κ1) is 17.6. The number of pyridine rings is 1. The molecule has 1 fully saturated rings. The van der Waals surface area contributed by atoms with Gasteiger partial charge >= 0.3 is 0 Å². The molecule has 3 rings (SSSR count). The summed E-state index contributed by atoms with van der Waals surface area (Å²) in [6, 6.07) is 7.92. The fraction of sp³-hybridized carbons (Fsp3) is 0.444. The van der Waals surface area contributed by atoms with E-state index in [1.54, 1.807) is 0 Å². The molecule has 1 aromatic carbocycles. The van der Waals surface area contributed by atoms with Crippen molar-refractivity contribution in [3.63, 3.8) is 0 Å². The van der Waals surface area contributed by atoms with Crippen LogP contribution in [0.4, 0.5) is 5.82 Å². The molecular weight excluding hydrogens is 320 g/mol. The van der Waals surface area contributed by atoms with Gasteiger partial charge in [-0.05, 0) is 36.6 Å². The number of carbonyl (C=O) groups is 1. The largest absolute Gasteiger partial charge is 0.490 e. The van der Waals surface area contributed by atoms with Gasteiger partial charge in [0.1, 0.15) is 12.4 Å². The Morgan fingerprint density at radius 2 is 2.24 bits per heavy atom. The van der Waals surface area contributed by atoms with Gasteiger partial charge in [-0.3, -0.25) is 14.9 Å². The molecular formula is C18H25N4O3+. The molecule has 0 spiro atoms. The molecule has 0 radical (unpaired) electrons. The van der Waals surface area contributed by atoms with E-state index in [1.807, 2.05) is 37.5 Å². The Morgan fingerprint density at radius 3 is 2.88 bits per heavy atom. The molecule has 0 saturated carbocycles. The van der Waals surface area contributed by atoms with Crippen LogP contribution in [-0.2, 0) is 16.7 Å². The van der Waals surface area contributed by atoms with Crippen LogP contribution in [0.25, 0.3) is 10.8 Å². The summed E-state index contributed by atoms with van der Waals surface area (Å²) in [6.07, 6.45) is 1.27. The molecule has 0 amide bonds. The van der Waals surface area contributed by atoms with E-state index in [0.717, 1.165) is 36.2 Å². The molecule has 2 aromatic rings. The SMILES string of the molecule is CC(=O)[C@H](COc1ccc2c(NCC3CNC3)[n+](C)ccc2c1)ON. The molecule has 1 saturated heterocycles. The lowest BCUT2D eigenvalue weighted by Gasteiger charge is -2.25. The zero-order valence-corrected chi connectivity index (χ0v) is 14.6. The van der Waals surface area contributed by atoms with E-state index in [2.05, 4.69) is 20.0 Å². The molecule has 1 atom stereocenters. The van der Waals surface area contributed by atoms with Crippen molar-refractivity contribution in [2.45, 2.75) is 13.0 Å². The molecule has 1 aliphatic heterocycles. The Hall–Kier alpha value is -2.22. The topological polar surface area (TPSA) is 89.5 Å². The first-order valence-corrected chi connectivity index (χ1v) is 8.44. The number of nitrogens with one attached hydrogen (secondary N) is 2. The minimum Gasteiger partial charge on any atom is -0.490 e. The van der Waals surface area contributed by atoms with Crippen molar-refractivity contribution >= 4 is 22.4 Å². The van der Waals surface area contributed by atoms with Gasteiger partial charge in [0, 0.05) is 19.0 Å². The number of hydrogen-bond donors (Lipinski definition) is 3. The summed E-state index contributed by atoms with van der Waals surface area (Å²) in [6.45, 7) is 4.61. The van der Waals surface area contributed by atoms with E-state index in [1.165, 1.54) is 6.92 Å². The predicted molar refractivity (Wildman–Crippen MR) is 95.2 cm³/mol. The number of ketones is 1. The average molecular weight is 345 g/mol. The monoisotopic (exact) mass is 345 g/mol. The highest BCUT2D eigenvalue weighted by Gasteiger charge is 2.21. The van der Waals surface area contributed by atoms with Crippen LogP contribution >= 0.6 is 0 Å². The third-order valence-electron chi connectivity index (χ3n) is 4.55. The maximum atomic E-state index is 11.3. The fourth-order valence-corrected chi connectivity index (χ4v) is 2.82. The second kappa shape index (κ2) is 7.77. The summed E-state index contributed by atoms with van der Waals surface area (Å²) in [5.41, 5.74) is 0. The van der Waals surface area contributed by atoms with Crippen LogP contribution < -0.4 is 25.8 Å². The third kappa shape index (κ3) is 4.07. The first-order valence-electron chi connectivity index (χ1n) is 8.44. The average Bonchev–Trinajstić information content (AvgIpc) is 2.55. The van der Waals surface area contributed by atoms with Crippen molar-refractivity contribution in [2.24, 2.45) is 18.9 Å². The van der Waals surface area contributed by atoms with Crippen molar-refractivity contribution in [1.29, 1.82) is 0 Å². The van der Waals surface area contributed by atoms with Gasteiger partial charge in [0.15, 0.2) is 11.9 Å². The molecule has 1 aliphatic rings. The number of fused-ring (bicyclic) bond motifs is 1. The Kier molecular flexibility index (Phi) is 5.47. The van der Waals surface area contributed by atoms with Gasteiger partial charge in [0.2, 0.25) is 0 Å². The van der Waals surface area contributed by atoms with Crippen molar-refractivity contribution in [3.8, 4) is 5.75 Å². The zero-order chi connectivity index (χ0) is 17.8. The van der Waals surface area contributed by atoms with Gasteiger partial charge < -0.3 is 10.1 Å². The number of aromatic nitrogens is 1. The number of benzene rings is 1. The summed E-state index contributed by atoms with van der Waals surface area (Å²) in [4.78, 5) is 16.0. The lowest BCUT2D eigenvalue weighted by Crippen LogP contribution is -2.46. The van der Waals surface area contributed by atoms with Crippen LogP contribution in [0, 0.1) is 5.92 Å². The quantitative estimate of drug-likeness (QED) is 0.477. The number of carbonyl (C=O) groups excluding carboxylic acids is 1. The zero-order valence-electron chi connectivity index (χ0n) is 14.6. The van der Waals surface area contributed by atoms with Gasteiger partial charge in [-0.25, -0.2) is 10.5 Å². The summed E-state index contributed by atoms with van der Waals surface area (Å²) < 4.78 is 7.75. The summed E-state index contributed by atoms with van der Waals surface area (Å²) >= 11 is 0. The molecule has 7 nitrogen and oxygen atoms in total. The van der Waals surface area contributed by atoms with Gasteiger partial charge in [0.25, 0.3) is 5.82 Å². The van der Waals surface area contributed by atoms with E-state index >= 15 is 0 Å². The van der Waals surface area contributed by atoms with Crippen LogP contribution in [0.2, 0.25) is 0 Å². The molecule has 7 heteroatoms. The number of rotatable bonds is 8. The lowest BCUT2D eigenvalue weighted by molar-refractivity contribution is -0.656. The molecule has 1 aromatic heterocycles. The number of anilines is 1. The van der Waals surface area contributed by atoms with E-state index in [0.29, 0.717) is 11.7 Å². The minimum absolute atomic E-state index is 0.0950. The van der Waals surface area contributed by atoms with Gasteiger partial charge in [0.05, 0.1) is 25.2 Å². The molecule has 25 heavy (non-hydrogen) atoms. The van der Waals surface area contributed by atoms with Crippen molar-refractivity contribution < 1.29 is 18.9 Å². The second-order valence-corrected chi connectivity index (χ2v) is 6.48. The van der Waals surface area contributed by atoms with Gasteiger partial charge in [-0.1, -0.05) is 0 Å². The highest BCUT2D eigenvalue weighted by molar-refractivity contribution is 5.91. The number of hydrogen-bond acceptors (Lipinski definition) is 6. The van der Waals surface area contributed by atoms with Crippen molar-refractivity contribution in [1.82, 2.24) is 5.32 Å². The maximum Gasteiger partial charge on any atom is 0.282 e. The first-order chi connectivity index (χ1) is 12.1. The summed E-state index contributed by atoms with van der Waals surface area (Å²) in [5.74, 6) is 7.41. The minimum atomic E-state index is -0.752. The van der Waals surface area contributed by atoms with Crippen LogP contribution in [-0.4, -0.2) is 38.1 Å². The standard InChI is InChI=1S/C18H24N4O3/c1-12(23)17(25-19)11-24-15-3-4-16-14(7-15)5-6-22(2)18(16)21-10-13-8-20-9-13/h3-7,13,17,20H,8-11,19H2,1-2H3/p+1/t17-/m0/s1. The lowest BCUT2D eigenvalue weighted by atomic mass is 10.0. The Labute approximate surface area is 147 Å². The van der Waals surface area contributed by atoms with Crippen LogP contribution in [0.15, 0.2) is 30.5 Å². The van der Waals surface area contributed by atoms with Gasteiger partial charge in [-0.15, -0.1) is 0 Å². The smallest absolute Gasteiger partial charge is 0.282 e. The summed E-state index contributed by atoms with van der Waals surface area (Å²) in [7, 11) is 2.03. The number of nitrogens with two attached hydrogens (primary N) is 1. The van der Waals surface area contributed by atoms with Crippen LogP contribution in [0.5, 0.6) is 5.75 Å².